The predicted octanol–water partition coefficient (Wildman–Crippen LogP) is 2.23. The number of ether oxygens (including phenoxy) is 2. The van der Waals surface area contributed by atoms with E-state index in [1.807, 2.05) is 13.8 Å². The van der Waals surface area contributed by atoms with Gasteiger partial charge in [0.05, 0.1) is 14.2 Å². The van der Waals surface area contributed by atoms with Crippen LogP contribution in [0.25, 0.3) is 0 Å². The van der Waals surface area contributed by atoms with Crippen molar-refractivity contribution in [2.45, 2.75) is 19.9 Å². The van der Waals surface area contributed by atoms with Crippen LogP contribution in [0, 0.1) is 0 Å². The van der Waals surface area contributed by atoms with E-state index in [1.165, 1.54) is 0 Å². The van der Waals surface area contributed by atoms with Gasteiger partial charge in [0.15, 0.2) is 11.5 Å². The molecule has 0 heterocycles. The van der Waals surface area contributed by atoms with Crippen LogP contribution in [0.4, 0.5) is 10.5 Å². The van der Waals surface area contributed by atoms with Crippen LogP contribution in [0.1, 0.15) is 13.8 Å². The lowest BCUT2D eigenvalue weighted by molar-refractivity contribution is 0.250. The fourth-order valence-corrected chi connectivity index (χ4v) is 1.34. The summed E-state index contributed by atoms with van der Waals surface area (Å²) in [5.74, 6) is 1.21. The van der Waals surface area contributed by atoms with Gasteiger partial charge in [-0.15, -0.1) is 0 Å². The molecule has 0 fully saturated rings. The monoisotopic (exact) mass is 238 g/mol. The highest BCUT2D eigenvalue weighted by Crippen LogP contribution is 2.29. The number of rotatable bonds is 4. The maximum Gasteiger partial charge on any atom is 0.319 e. The Bertz CT molecular complexity index is 391. The highest BCUT2D eigenvalue weighted by atomic mass is 16.5. The lowest BCUT2D eigenvalue weighted by Gasteiger charge is -2.12. The second kappa shape index (κ2) is 5.98. The molecule has 0 aliphatic carbocycles. The Labute approximate surface area is 101 Å². The number of hydrogen-bond donors (Lipinski definition) is 2. The van der Waals surface area contributed by atoms with Crippen molar-refractivity contribution in [3.05, 3.63) is 18.2 Å². The summed E-state index contributed by atoms with van der Waals surface area (Å²) in [6.45, 7) is 3.79. The summed E-state index contributed by atoms with van der Waals surface area (Å²) in [6.07, 6.45) is 0. The molecule has 0 saturated carbocycles. The SMILES string of the molecule is COc1ccc(NC(=O)NC(C)C)cc1OC. The first-order chi connectivity index (χ1) is 8.06. The molecule has 2 N–H and O–H groups in total. The molecule has 0 atom stereocenters. The van der Waals surface area contributed by atoms with Gasteiger partial charge in [-0.25, -0.2) is 4.79 Å². The zero-order valence-electron chi connectivity index (χ0n) is 10.5. The molecule has 1 rings (SSSR count). The van der Waals surface area contributed by atoms with Gasteiger partial charge in [-0.3, -0.25) is 0 Å². The van der Waals surface area contributed by atoms with E-state index < -0.39 is 0 Å². The summed E-state index contributed by atoms with van der Waals surface area (Å²) in [5.41, 5.74) is 0.654. The summed E-state index contributed by atoms with van der Waals surface area (Å²) < 4.78 is 10.3. The molecule has 1 aromatic rings. The van der Waals surface area contributed by atoms with Crippen molar-refractivity contribution in [2.75, 3.05) is 19.5 Å². The van der Waals surface area contributed by atoms with Crippen molar-refractivity contribution in [2.24, 2.45) is 0 Å². The van der Waals surface area contributed by atoms with Crippen LogP contribution < -0.4 is 20.1 Å². The predicted molar refractivity (Wildman–Crippen MR) is 66.8 cm³/mol. The normalized spacial score (nSPS) is 9.94. The van der Waals surface area contributed by atoms with E-state index in [0.29, 0.717) is 17.2 Å². The van der Waals surface area contributed by atoms with Gasteiger partial charge >= 0.3 is 6.03 Å². The molecule has 2 amide bonds. The molecule has 0 saturated heterocycles. The first kappa shape index (κ1) is 13.2. The number of benzene rings is 1. The van der Waals surface area contributed by atoms with Gasteiger partial charge < -0.3 is 20.1 Å². The molecular weight excluding hydrogens is 220 g/mol. The average Bonchev–Trinajstić information content (AvgIpc) is 2.27. The number of carbonyl (C=O) groups excluding carboxylic acids is 1. The van der Waals surface area contributed by atoms with Gasteiger partial charge in [-0.1, -0.05) is 0 Å². The molecule has 94 valence electrons. The van der Waals surface area contributed by atoms with Gasteiger partial charge in [-0.2, -0.15) is 0 Å². The Morgan fingerprint density at radius 3 is 2.35 bits per heavy atom. The third kappa shape index (κ3) is 3.86. The number of hydrogen-bond acceptors (Lipinski definition) is 3. The molecule has 0 radical (unpaired) electrons. The van der Waals surface area contributed by atoms with Crippen molar-refractivity contribution < 1.29 is 14.3 Å². The van der Waals surface area contributed by atoms with Crippen molar-refractivity contribution in [1.82, 2.24) is 5.32 Å². The van der Waals surface area contributed by atoms with E-state index in [4.69, 9.17) is 9.47 Å². The summed E-state index contributed by atoms with van der Waals surface area (Å²) in [5, 5.41) is 5.45. The van der Waals surface area contributed by atoms with Gasteiger partial charge in [0, 0.05) is 17.8 Å². The second-order valence-electron chi connectivity index (χ2n) is 3.82. The van der Waals surface area contributed by atoms with Crippen LogP contribution in [0.3, 0.4) is 0 Å². The number of carbonyl (C=O) groups is 1. The maximum atomic E-state index is 11.5. The smallest absolute Gasteiger partial charge is 0.319 e. The molecule has 0 aromatic heterocycles. The van der Waals surface area contributed by atoms with E-state index in [9.17, 15) is 4.79 Å². The molecule has 0 bridgehead atoms. The van der Waals surface area contributed by atoms with Gasteiger partial charge in [0.1, 0.15) is 0 Å². The minimum Gasteiger partial charge on any atom is -0.493 e. The molecule has 5 nitrogen and oxygen atoms in total. The second-order valence-corrected chi connectivity index (χ2v) is 3.82. The van der Waals surface area contributed by atoms with E-state index in [2.05, 4.69) is 10.6 Å². The molecule has 5 heteroatoms. The Kier molecular flexibility index (Phi) is 4.63. The summed E-state index contributed by atoms with van der Waals surface area (Å²) in [7, 11) is 3.12. The van der Waals surface area contributed by atoms with Crippen LogP contribution in [-0.2, 0) is 0 Å². The van der Waals surface area contributed by atoms with E-state index in [1.54, 1.807) is 32.4 Å². The minimum atomic E-state index is -0.243. The van der Waals surface area contributed by atoms with Crippen LogP contribution in [0.2, 0.25) is 0 Å². The fourth-order valence-electron chi connectivity index (χ4n) is 1.34. The van der Waals surface area contributed by atoms with Crippen molar-refractivity contribution in [3.63, 3.8) is 0 Å². The fraction of sp³-hybridized carbons (Fsp3) is 0.417. The third-order valence-electron chi connectivity index (χ3n) is 2.06. The molecule has 1 aromatic carbocycles. The Morgan fingerprint density at radius 2 is 1.82 bits per heavy atom. The van der Waals surface area contributed by atoms with Gasteiger partial charge in [0.25, 0.3) is 0 Å². The van der Waals surface area contributed by atoms with E-state index in [0.717, 1.165) is 0 Å². The summed E-state index contributed by atoms with van der Waals surface area (Å²) in [4.78, 5) is 11.5. The first-order valence-electron chi connectivity index (χ1n) is 5.36. The minimum absolute atomic E-state index is 0.0927. The number of nitrogens with one attached hydrogen (secondary N) is 2. The van der Waals surface area contributed by atoms with Crippen LogP contribution in [0.5, 0.6) is 11.5 Å². The number of urea groups is 1. The highest BCUT2D eigenvalue weighted by molar-refractivity contribution is 5.89. The average molecular weight is 238 g/mol. The van der Waals surface area contributed by atoms with Crippen molar-refractivity contribution in [1.29, 1.82) is 0 Å². The van der Waals surface area contributed by atoms with Crippen molar-refractivity contribution >= 4 is 11.7 Å². The Morgan fingerprint density at radius 1 is 1.18 bits per heavy atom. The van der Waals surface area contributed by atoms with Gasteiger partial charge in [-0.05, 0) is 26.0 Å². The zero-order chi connectivity index (χ0) is 12.8. The van der Waals surface area contributed by atoms with Crippen LogP contribution in [-0.4, -0.2) is 26.3 Å². The quantitative estimate of drug-likeness (QED) is 0.845. The lowest BCUT2D eigenvalue weighted by Crippen LogP contribution is -2.34. The van der Waals surface area contributed by atoms with Gasteiger partial charge in [0.2, 0.25) is 0 Å². The standard InChI is InChI=1S/C12H18N2O3/c1-8(2)13-12(15)14-9-5-6-10(16-3)11(7-9)17-4/h5-8H,1-4H3,(H2,13,14,15). The maximum absolute atomic E-state index is 11.5. The number of methoxy groups -OCH3 is 2. The van der Waals surface area contributed by atoms with Crippen LogP contribution >= 0.6 is 0 Å². The molecule has 0 aliphatic rings. The highest BCUT2D eigenvalue weighted by Gasteiger charge is 2.07. The Hall–Kier alpha value is -1.91. The van der Waals surface area contributed by atoms with Crippen LogP contribution in [0.15, 0.2) is 18.2 Å². The lowest BCUT2D eigenvalue weighted by atomic mass is 10.2. The molecule has 17 heavy (non-hydrogen) atoms. The van der Waals surface area contributed by atoms with E-state index in [-0.39, 0.29) is 12.1 Å². The number of amides is 2. The molecule has 0 aliphatic heterocycles. The largest absolute Gasteiger partial charge is 0.493 e. The van der Waals surface area contributed by atoms with E-state index >= 15 is 0 Å². The molecular formula is C12H18N2O3. The first-order valence-corrected chi connectivity index (χ1v) is 5.36. The summed E-state index contributed by atoms with van der Waals surface area (Å²) >= 11 is 0. The third-order valence-corrected chi connectivity index (χ3v) is 2.06. The Balaban J connectivity index is 2.75. The van der Waals surface area contributed by atoms with Crippen molar-refractivity contribution in [3.8, 4) is 11.5 Å². The molecule has 0 unspecified atom stereocenters. The number of anilines is 1. The molecule has 0 spiro atoms. The summed E-state index contributed by atoms with van der Waals surface area (Å²) in [6, 6.07) is 5.05. The topological polar surface area (TPSA) is 59.6 Å². The zero-order valence-corrected chi connectivity index (χ0v) is 10.5.